The van der Waals surface area contributed by atoms with Crippen molar-refractivity contribution in [2.45, 2.75) is 31.3 Å². The number of carbonyl (C=O) groups excluding carboxylic acids is 3. The number of rotatable bonds is 14. The number of hydrogen-bond donors (Lipinski definition) is 6. The van der Waals surface area contributed by atoms with E-state index in [1.807, 2.05) is 6.07 Å². The van der Waals surface area contributed by atoms with Gasteiger partial charge >= 0.3 is 0 Å². The number of amidine groups is 1. The Morgan fingerprint density at radius 3 is 2.36 bits per heavy atom. The Morgan fingerprint density at radius 2 is 1.77 bits per heavy atom. The van der Waals surface area contributed by atoms with Crippen LogP contribution in [0.15, 0.2) is 76.9 Å². The van der Waals surface area contributed by atoms with Crippen LogP contribution in [0.5, 0.6) is 17.2 Å². The van der Waals surface area contributed by atoms with Crippen molar-refractivity contribution in [1.82, 2.24) is 20.5 Å². The Morgan fingerprint density at radius 1 is 1.11 bits per heavy atom. The molecule has 47 heavy (non-hydrogen) atoms. The van der Waals surface area contributed by atoms with Gasteiger partial charge in [0.25, 0.3) is 5.91 Å². The third-order valence-electron chi connectivity index (χ3n) is 7.06. The zero-order chi connectivity index (χ0) is 33.9. The van der Waals surface area contributed by atoms with Gasteiger partial charge in [0.2, 0.25) is 17.6 Å². The summed E-state index contributed by atoms with van der Waals surface area (Å²) < 4.78 is 10.6. The maximum atomic E-state index is 14.2. The number of phenolic OH excluding ortho intramolecular Hbond substituents is 1. The van der Waals surface area contributed by atoms with Crippen molar-refractivity contribution in [1.29, 1.82) is 5.41 Å². The number of nitrogens with zero attached hydrogens (tertiary/aromatic N) is 3. The number of phenols is 1. The highest BCUT2D eigenvalue weighted by molar-refractivity contribution is 8.18. The summed E-state index contributed by atoms with van der Waals surface area (Å²) in [7, 11) is 2.80. The van der Waals surface area contributed by atoms with Crippen LogP contribution in [0.25, 0.3) is 6.08 Å². The Labute approximate surface area is 275 Å². The van der Waals surface area contributed by atoms with Crippen LogP contribution in [0.1, 0.15) is 24.0 Å². The van der Waals surface area contributed by atoms with E-state index in [-0.39, 0.29) is 46.1 Å². The van der Waals surface area contributed by atoms with Crippen LogP contribution < -0.4 is 31.6 Å². The number of nitrogens with two attached hydrogens (primary N) is 2. The molecule has 0 spiro atoms. The van der Waals surface area contributed by atoms with Gasteiger partial charge < -0.3 is 36.7 Å². The van der Waals surface area contributed by atoms with E-state index in [9.17, 15) is 19.5 Å². The molecule has 1 aromatic heterocycles. The third-order valence-corrected chi connectivity index (χ3v) is 8.04. The van der Waals surface area contributed by atoms with Crippen LogP contribution in [0.2, 0.25) is 0 Å². The Kier molecular flexibility index (Phi) is 11.8. The van der Waals surface area contributed by atoms with Crippen molar-refractivity contribution in [3.05, 3.63) is 83.0 Å². The predicted octanol–water partition coefficient (Wildman–Crippen LogP) is 2.25. The number of ether oxygens (including phenoxy) is 2. The van der Waals surface area contributed by atoms with Gasteiger partial charge in [-0.05, 0) is 78.2 Å². The lowest BCUT2D eigenvalue weighted by Gasteiger charge is -2.28. The van der Waals surface area contributed by atoms with Crippen molar-refractivity contribution in [3.63, 3.8) is 0 Å². The molecular formula is C32H36N8O6S. The summed E-state index contributed by atoms with van der Waals surface area (Å²) in [5, 5.41) is 23.3. The fourth-order valence-electron chi connectivity index (χ4n) is 4.73. The van der Waals surface area contributed by atoms with E-state index in [2.05, 4.69) is 15.6 Å². The minimum atomic E-state index is -1.15. The van der Waals surface area contributed by atoms with E-state index >= 15 is 0 Å². The fourth-order valence-corrected chi connectivity index (χ4v) is 5.76. The number of hydrogen-bond acceptors (Lipinski definition) is 10. The van der Waals surface area contributed by atoms with E-state index in [0.717, 1.165) is 11.8 Å². The Bertz CT molecular complexity index is 1640. The molecule has 2 atom stereocenters. The number of pyridine rings is 1. The molecule has 1 aliphatic rings. The normalized spacial score (nSPS) is 15.7. The third kappa shape index (κ3) is 9.00. The van der Waals surface area contributed by atoms with E-state index in [1.165, 1.54) is 19.1 Å². The standard InChI is InChI=1S/C32H36N8O6S/c1-45-24-16-20(17-25(46-2)27(24)41)18-26-30(44)40(32(47-26)38-21-7-4-3-5-8-21)23(15-19-10-13-36-14-11-19)29(43)39-22(28(33)42)9-6-12-37-31(34)35/h3-5,7-8,10-11,13-14,16-18,22-23,41H,6,9,12,15H2,1-2H3,(H2,33,42)(H,39,43)(H4,34,35,37). The van der Waals surface area contributed by atoms with E-state index in [0.29, 0.717) is 29.8 Å². The lowest BCUT2D eigenvalue weighted by molar-refractivity contribution is -0.134. The van der Waals surface area contributed by atoms with Crippen LogP contribution in [-0.4, -0.2) is 76.7 Å². The fraction of sp³-hybridized carbons (Fsp3) is 0.250. The highest BCUT2D eigenvalue weighted by Crippen LogP contribution is 2.40. The average Bonchev–Trinajstić information content (AvgIpc) is 3.35. The van der Waals surface area contributed by atoms with Crippen molar-refractivity contribution in [2.24, 2.45) is 16.5 Å². The lowest BCUT2D eigenvalue weighted by Crippen LogP contribution is -2.55. The number of guanidine groups is 1. The van der Waals surface area contributed by atoms with Crippen LogP contribution in [0.3, 0.4) is 0 Å². The molecule has 1 aliphatic heterocycles. The highest BCUT2D eigenvalue weighted by Gasteiger charge is 2.42. The second-order valence-corrected chi connectivity index (χ2v) is 11.3. The molecule has 246 valence electrons. The summed E-state index contributed by atoms with van der Waals surface area (Å²) in [5.74, 6) is -1.99. The summed E-state index contributed by atoms with van der Waals surface area (Å²) >= 11 is 1.07. The Balaban J connectivity index is 1.76. The first kappa shape index (κ1) is 34.3. The monoisotopic (exact) mass is 660 g/mol. The van der Waals surface area contributed by atoms with Gasteiger partial charge in [-0.1, -0.05) is 18.2 Å². The molecule has 2 aromatic carbocycles. The molecule has 1 fully saturated rings. The molecular weight excluding hydrogens is 624 g/mol. The molecule has 2 heterocycles. The highest BCUT2D eigenvalue weighted by atomic mass is 32.2. The van der Waals surface area contributed by atoms with Gasteiger partial charge in [-0.25, -0.2) is 4.99 Å². The largest absolute Gasteiger partial charge is 0.502 e. The molecule has 3 amide bonds. The minimum absolute atomic E-state index is 0.0694. The maximum Gasteiger partial charge on any atom is 0.267 e. The van der Waals surface area contributed by atoms with Crippen molar-refractivity contribution >= 4 is 52.4 Å². The number of thioether (sulfide) groups is 1. The first-order chi connectivity index (χ1) is 22.6. The molecule has 2 unspecified atom stereocenters. The number of primary amides is 1. The lowest BCUT2D eigenvalue weighted by atomic mass is 10.0. The van der Waals surface area contributed by atoms with Gasteiger partial charge in [-0.3, -0.25) is 29.7 Å². The number of para-hydroxylation sites is 1. The van der Waals surface area contributed by atoms with Gasteiger partial charge in [0.05, 0.1) is 24.8 Å². The number of aliphatic imine (C=N–C) groups is 1. The molecule has 0 saturated carbocycles. The van der Waals surface area contributed by atoms with E-state index < -0.39 is 29.8 Å². The summed E-state index contributed by atoms with van der Waals surface area (Å²) in [6.45, 7) is 0.297. The number of carbonyl (C=O) groups is 3. The minimum Gasteiger partial charge on any atom is -0.502 e. The topological polar surface area (TPSA) is 218 Å². The van der Waals surface area contributed by atoms with Gasteiger partial charge in [0.1, 0.15) is 12.1 Å². The SMILES string of the molecule is COc1cc(C=C2SC(=Nc3ccccc3)N(C(Cc3ccncc3)C(=O)NC(CCCNC(=N)N)C(N)=O)C2=O)cc(OC)c1O. The zero-order valence-electron chi connectivity index (χ0n) is 25.8. The van der Waals surface area contributed by atoms with Crippen LogP contribution in [0.4, 0.5) is 5.69 Å². The molecule has 1 saturated heterocycles. The summed E-state index contributed by atoms with van der Waals surface area (Å²) in [6.07, 6.45) is 5.37. The molecule has 0 bridgehead atoms. The molecule has 14 nitrogen and oxygen atoms in total. The first-order valence-electron chi connectivity index (χ1n) is 14.5. The van der Waals surface area contributed by atoms with E-state index in [4.69, 9.17) is 31.3 Å². The number of amides is 3. The summed E-state index contributed by atoms with van der Waals surface area (Å²) in [4.78, 5) is 51.0. The molecule has 3 aromatic rings. The number of aromatic hydroxyl groups is 1. The Hall–Kier alpha value is -5.57. The smallest absolute Gasteiger partial charge is 0.267 e. The second-order valence-electron chi connectivity index (χ2n) is 10.3. The molecule has 0 aliphatic carbocycles. The van der Waals surface area contributed by atoms with Crippen molar-refractivity contribution in [2.75, 3.05) is 20.8 Å². The predicted molar refractivity (Wildman–Crippen MR) is 179 cm³/mol. The number of nitrogens with one attached hydrogen (secondary N) is 3. The summed E-state index contributed by atoms with van der Waals surface area (Å²) in [6, 6.07) is 13.3. The molecule has 0 radical (unpaired) electrons. The number of methoxy groups -OCH3 is 2. The number of aromatic nitrogens is 1. The first-order valence-corrected chi connectivity index (χ1v) is 15.3. The second kappa shape index (κ2) is 16.1. The van der Waals surface area contributed by atoms with Crippen LogP contribution >= 0.6 is 11.8 Å². The van der Waals surface area contributed by atoms with Crippen LogP contribution in [-0.2, 0) is 20.8 Å². The van der Waals surface area contributed by atoms with Gasteiger partial charge in [0, 0.05) is 25.4 Å². The number of benzene rings is 2. The van der Waals surface area contributed by atoms with Gasteiger partial charge in [-0.2, -0.15) is 0 Å². The van der Waals surface area contributed by atoms with Crippen molar-refractivity contribution in [3.8, 4) is 17.2 Å². The van der Waals surface area contributed by atoms with Gasteiger partial charge in [-0.15, -0.1) is 0 Å². The zero-order valence-corrected chi connectivity index (χ0v) is 26.6. The van der Waals surface area contributed by atoms with E-state index in [1.54, 1.807) is 67.0 Å². The van der Waals surface area contributed by atoms with Crippen molar-refractivity contribution < 1.29 is 29.0 Å². The molecule has 8 N–H and O–H groups in total. The van der Waals surface area contributed by atoms with Crippen LogP contribution in [0, 0.1) is 5.41 Å². The summed E-state index contributed by atoms with van der Waals surface area (Å²) in [5.41, 5.74) is 12.7. The van der Waals surface area contributed by atoms with Gasteiger partial charge in [0.15, 0.2) is 22.6 Å². The average molecular weight is 661 g/mol. The maximum absolute atomic E-state index is 14.2. The quantitative estimate of drug-likeness (QED) is 0.0641. The molecule has 4 rings (SSSR count). The molecule has 15 heteroatoms.